The van der Waals surface area contributed by atoms with Crippen LogP contribution < -0.4 is 5.32 Å². The summed E-state index contributed by atoms with van der Waals surface area (Å²) in [4.78, 5) is 13.4. The molecule has 0 radical (unpaired) electrons. The summed E-state index contributed by atoms with van der Waals surface area (Å²) >= 11 is 0. The van der Waals surface area contributed by atoms with Crippen LogP contribution in [0.5, 0.6) is 0 Å². The molecule has 0 aromatic heterocycles. The number of halogens is 3. The summed E-state index contributed by atoms with van der Waals surface area (Å²) in [5.74, 6) is -0.286. The molecule has 1 saturated carbocycles. The zero-order valence-electron chi connectivity index (χ0n) is 12.9. The van der Waals surface area contributed by atoms with Gasteiger partial charge in [-0.15, -0.1) is 0 Å². The summed E-state index contributed by atoms with van der Waals surface area (Å²) in [6, 6.07) is 0. The van der Waals surface area contributed by atoms with E-state index < -0.39 is 18.3 Å². The van der Waals surface area contributed by atoms with Gasteiger partial charge in [-0.05, 0) is 45.3 Å². The van der Waals surface area contributed by atoms with Gasteiger partial charge in [0.2, 0.25) is 0 Å². The molecule has 0 heterocycles. The van der Waals surface area contributed by atoms with E-state index in [0.29, 0.717) is 25.9 Å². The second-order valence-corrected chi connectivity index (χ2v) is 5.72. The molecule has 1 fully saturated rings. The van der Waals surface area contributed by atoms with Crippen molar-refractivity contribution in [2.45, 2.75) is 44.3 Å². The SMILES string of the molecule is CCNC1(C(=O)OC)CCCC1CCN(C)CC(F)(F)F. The normalized spacial score (nSPS) is 26.3. The highest BCUT2D eigenvalue weighted by Gasteiger charge is 2.49. The highest BCUT2D eigenvalue weighted by atomic mass is 19.4. The van der Waals surface area contributed by atoms with Gasteiger partial charge in [0.05, 0.1) is 13.7 Å². The van der Waals surface area contributed by atoms with E-state index in [-0.39, 0.29) is 11.9 Å². The molecule has 0 aliphatic heterocycles. The fourth-order valence-corrected chi connectivity index (χ4v) is 3.30. The number of alkyl halides is 3. The van der Waals surface area contributed by atoms with Gasteiger partial charge in [0.15, 0.2) is 0 Å². The van der Waals surface area contributed by atoms with Gasteiger partial charge in [0.1, 0.15) is 5.54 Å². The first-order valence-electron chi connectivity index (χ1n) is 7.34. The van der Waals surface area contributed by atoms with E-state index in [0.717, 1.165) is 12.8 Å². The molecular weight excluding hydrogens is 285 g/mol. The standard InChI is InChI=1S/C14H25F3N2O2/c1-4-18-13(12(20)21-3)8-5-6-11(13)7-9-19(2)10-14(15,16)17/h11,18H,4-10H2,1-3H3. The second-order valence-electron chi connectivity index (χ2n) is 5.72. The fraction of sp³-hybridized carbons (Fsp3) is 0.929. The van der Waals surface area contributed by atoms with Crippen LogP contribution in [-0.2, 0) is 9.53 Å². The minimum absolute atomic E-state index is 0.0144. The Labute approximate surface area is 124 Å². The van der Waals surface area contributed by atoms with Crippen molar-refractivity contribution in [3.63, 3.8) is 0 Å². The summed E-state index contributed by atoms with van der Waals surface area (Å²) in [7, 11) is 2.81. The third-order valence-corrected chi connectivity index (χ3v) is 4.17. The molecule has 0 spiro atoms. The van der Waals surface area contributed by atoms with Gasteiger partial charge < -0.3 is 10.1 Å². The van der Waals surface area contributed by atoms with Crippen molar-refractivity contribution in [3.8, 4) is 0 Å². The number of nitrogens with one attached hydrogen (secondary N) is 1. The van der Waals surface area contributed by atoms with Crippen LogP contribution in [0.3, 0.4) is 0 Å². The Morgan fingerprint density at radius 3 is 2.67 bits per heavy atom. The van der Waals surface area contributed by atoms with Crippen molar-refractivity contribution < 1.29 is 22.7 Å². The fourth-order valence-electron chi connectivity index (χ4n) is 3.30. The van der Waals surface area contributed by atoms with Crippen molar-refractivity contribution >= 4 is 5.97 Å². The zero-order chi connectivity index (χ0) is 16.1. The van der Waals surface area contributed by atoms with E-state index in [1.54, 1.807) is 0 Å². The molecule has 2 atom stereocenters. The Hall–Kier alpha value is -0.820. The number of nitrogens with zero attached hydrogens (tertiary/aromatic N) is 1. The van der Waals surface area contributed by atoms with Crippen LogP contribution >= 0.6 is 0 Å². The monoisotopic (exact) mass is 310 g/mol. The second kappa shape index (κ2) is 7.45. The molecule has 1 N–H and O–H groups in total. The number of likely N-dealkylation sites (N-methyl/N-ethyl adjacent to an activating group) is 1. The van der Waals surface area contributed by atoms with Crippen LogP contribution in [0.25, 0.3) is 0 Å². The van der Waals surface area contributed by atoms with Crippen molar-refractivity contribution in [2.24, 2.45) is 5.92 Å². The zero-order valence-corrected chi connectivity index (χ0v) is 12.9. The summed E-state index contributed by atoms with van der Waals surface area (Å²) < 4.78 is 41.9. The number of esters is 1. The van der Waals surface area contributed by atoms with Crippen molar-refractivity contribution in [1.82, 2.24) is 10.2 Å². The van der Waals surface area contributed by atoms with Gasteiger partial charge in [-0.3, -0.25) is 9.69 Å². The number of methoxy groups -OCH3 is 1. The summed E-state index contributed by atoms with van der Waals surface area (Å²) in [5.41, 5.74) is -0.734. The van der Waals surface area contributed by atoms with Crippen LogP contribution in [-0.4, -0.2) is 56.4 Å². The molecule has 2 unspecified atom stereocenters. The molecule has 0 saturated heterocycles. The number of ether oxygens (including phenoxy) is 1. The Balaban J connectivity index is 2.65. The van der Waals surface area contributed by atoms with Crippen molar-refractivity contribution in [2.75, 3.05) is 33.8 Å². The van der Waals surface area contributed by atoms with E-state index in [1.165, 1.54) is 19.1 Å². The minimum Gasteiger partial charge on any atom is -0.468 e. The molecule has 0 aromatic rings. The molecule has 4 nitrogen and oxygen atoms in total. The molecule has 21 heavy (non-hydrogen) atoms. The lowest BCUT2D eigenvalue weighted by Gasteiger charge is -2.34. The first kappa shape index (κ1) is 18.2. The van der Waals surface area contributed by atoms with Crippen molar-refractivity contribution in [3.05, 3.63) is 0 Å². The van der Waals surface area contributed by atoms with Crippen LogP contribution in [0.15, 0.2) is 0 Å². The maximum Gasteiger partial charge on any atom is 0.401 e. The molecule has 0 bridgehead atoms. The minimum atomic E-state index is -4.19. The molecular formula is C14H25F3N2O2. The van der Waals surface area contributed by atoms with Gasteiger partial charge in [-0.2, -0.15) is 13.2 Å². The third-order valence-electron chi connectivity index (χ3n) is 4.17. The Morgan fingerprint density at radius 1 is 1.48 bits per heavy atom. The first-order chi connectivity index (χ1) is 9.75. The molecule has 1 aliphatic rings. The lowest BCUT2D eigenvalue weighted by atomic mass is 9.84. The molecule has 1 aliphatic carbocycles. The van der Waals surface area contributed by atoms with Gasteiger partial charge in [-0.25, -0.2) is 0 Å². The predicted octanol–water partition coefficient (Wildman–Crippen LogP) is 2.19. The average molecular weight is 310 g/mol. The lowest BCUT2D eigenvalue weighted by Crippen LogP contribution is -2.55. The van der Waals surface area contributed by atoms with Crippen molar-refractivity contribution in [1.29, 1.82) is 0 Å². The Kier molecular flexibility index (Phi) is 6.46. The quantitative estimate of drug-likeness (QED) is 0.732. The summed E-state index contributed by atoms with van der Waals surface area (Å²) in [5, 5.41) is 3.22. The molecule has 7 heteroatoms. The van der Waals surface area contributed by atoms with Gasteiger partial charge in [0, 0.05) is 0 Å². The number of carbonyl (C=O) groups excluding carboxylic acids is 1. The van der Waals surface area contributed by atoms with Gasteiger partial charge in [-0.1, -0.05) is 13.3 Å². The van der Waals surface area contributed by atoms with E-state index in [2.05, 4.69) is 5.32 Å². The first-order valence-corrected chi connectivity index (χ1v) is 7.34. The van der Waals surface area contributed by atoms with Crippen LogP contribution in [0, 0.1) is 5.92 Å². The van der Waals surface area contributed by atoms with E-state index in [4.69, 9.17) is 4.74 Å². The lowest BCUT2D eigenvalue weighted by molar-refractivity contribution is -0.151. The summed E-state index contributed by atoms with van der Waals surface area (Å²) in [6.45, 7) is 1.93. The van der Waals surface area contributed by atoms with E-state index >= 15 is 0 Å². The van der Waals surface area contributed by atoms with Crippen LogP contribution in [0.2, 0.25) is 0 Å². The van der Waals surface area contributed by atoms with E-state index in [1.807, 2.05) is 6.92 Å². The van der Waals surface area contributed by atoms with Gasteiger partial charge >= 0.3 is 12.1 Å². The Morgan fingerprint density at radius 2 is 2.14 bits per heavy atom. The topological polar surface area (TPSA) is 41.6 Å². The van der Waals surface area contributed by atoms with Crippen LogP contribution in [0.1, 0.15) is 32.6 Å². The smallest absolute Gasteiger partial charge is 0.401 e. The number of hydrogen-bond acceptors (Lipinski definition) is 4. The average Bonchev–Trinajstić information content (AvgIpc) is 2.78. The molecule has 0 amide bonds. The molecule has 124 valence electrons. The maximum atomic E-state index is 12.3. The number of carbonyl (C=O) groups is 1. The predicted molar refractivity (Wildman–Crippen MR) is 73.9 cm³/mol. The van der Waals surface area contributed by atoms with Crippen LogP contribution in [0.4, 0.5) is 13.2 Å². The summed E-state index contributed by atoms with van der Waals surface area (Å²) in [6.07, 6.45) is -1.24. The highest BCUT2D eigenvalue weighted by molar-refractivity contribution is 5.81. The maximum absolute atomic E-state index is 12.3. The number of rotatable bonds is 7. The highest BCUT2D eigenvalue weighted by Crippen LogP contribution is 2.39. The van der Waals surface area contributed by atoms with E-state index in [9.17, 15) is 18.0 Å². The number of hydrogen-bond donors (Lipinski definition) is 1. The Bertz CT molecular complexity index is 350. The molecule has 0 aromatic carbocycles. The third kappa shape index (κ3) is 4.85. The largest absolute Gasteiger partial charge is 0.468 e. The molecule has 1 rings (SSSR count). The van der Waals surface area contributed by atoms with Gasteiger partial charge in [0.25, 0.3) is 0 Å².